The number of carbonyl (C=O) groups excluding carboxylic acids is 6. The second kappa shape index (κ2) is 23.8. The van der Waals surface area contributed by atoms with Gasteiger partial charge in [-0.05, 0) is 86.0 Å². The second-order valence-electron chi connectivity index (χ2n) is 17.8. The van der Waals surface area contributed by atoms with Gasteiger partial charge in [0.05, 0.1) is 29.8 Å². The number of amides is 5. The summed E-state index contributed by atoms with van der Waals surface area (Å²) >= 11 is 0. The van der Waals surface area contributed by atoms with E-state index in [0.717, 1.165) is 32.1 Å². The van der Waals surface area contributed by atoms with Gasteiger partial charge in [-0.1, -0.05) is 73.6 Å². The molecule has 0 bridgehead atoms. The summed E-state index contributed by atoms with van der Waals surface area (Å²) in [5.41, 5.74) is -1.39. The monoisotopic (exact) mass is 796 g/mol. The van der Waals surface area contributed by atoms with Crippen LogP contribution in [0.25, 0.3) is 0 Å². The first-order valence-electron chi connectivity index (χ1n) is 20.9. The average Bonchev–Trinajstić information content (AvgIpc) is 3.09. The fraction of sp³-hybridized carbons (Fsp3) is 0.857. The number of hydrogen-bond donors (Lipinski definition) is 4. The van der Waals surface area contributed by atoms with E-state index in [0.29, 0.717) is 25.7 Å². The van der Waals surface area contributed by atoms with Crippen LogP contribution in [-0.4, -0.2) is 108 Å². The number of nitrogens with zero attached hydrogens (tertiary/aromatic N) is 1. The molecule has 4 N–H and O–H groups in total. The maximum Gasteiger partial charge on any atom is 0.325 e. The van der Waals surface area contributed by atoms with E-state index in [4.69, 9.17) is 14.2 Å². The van der Waals surface area contributed by atoms with Crippen molar-refractivity contribution >= 4 is 35.5 Å². The van der Waals surface area contributed by atoms with Gasteiger partial charge in [-0.3, -0.25) is 28.8 Å². The summed E-state index contributed by atoms with van der Waals surface area (Å²) in [6, 6.07) is -4.58. The number of likely N-dealkylation sites (N-methyl/N-ethyl adjacent to an activating group) is 1. The number of ether oxygens (including phenoxy) is 3. The predicted octanol–water partition coefficient (Wildman–Crippen LogP) is 4.81. The molecule has 1 heterocycles. The van der Waals surface area contributed by atoms with Crippen molar-refractivity contribution in [3.63, 3.8) is 0 Å². The minimum atomic E-state index is -1.29. The van der Waals surface area contributed by atoms with Crippen LogP contribution in [-0.2, 0) is 43.0 Å². The molecule has 324 valence electrons. The molecule has 1 aliphatic heterocycles. The van der Waals surface area contributed by atoms with Crippen LogP contribution in [0.3, 0.4) is 0 Å². The Bertz CT molecular complexity index is 1280. The second-order valence-corrected chi connectivity index (χ2v) is 17.8. The SMILES string of the molecule is CCCCCCC[C@H]1OC(=O)CNC(=O)[C@H](C(C)OC(C)(C)C)NC(=O)[C@H](COC(C)(C)C)NC(=O)[C@H](C(C)CC)NC(=O)[C@H](CC(C)C)N(C)C(=O)[C@@H]1CC. The van der Waals surface area contributed by atoms with Gasteiger partial charge >= 0.3 is 5.97 Å². The molecule has 1 rings (SSSR count). The topological polar surface area (TPSA) is 181 Å². The molecule has 0 aliphatic carbocycles. The zero-order chi connectivity index (χ0) is 43.0. The van der Waals surface area contributed by atoms with Gasteiger partial charge in [0.25, 0.3) is 0 Å². The third kappa shape index (κ3) is 17.9. The Morgan fingerprint density at radius 2 is 1.38 bits per heavy atom. The minimum absolute atomic E-state index is 0.00888. The summed E-state index contributed by atoms with van der Waals surface area (Å²) in [6.45, 7) is 23.3. The number of cyclic esters (lactones) is 1. The highest BCUT2D eigenvalue weighted by atomic mass is 16.5. The first-order valence-corrected chi connectivity index (χ1v) is 20.9. The van der Waals surface area contributed by atoms with E-state index in [-0.39, 0.29) is 24.3 Å². The normalized spacial score (nSPS) is 25.6. The number of unbranched alkanes of at least 4 members (excludes halogenated alkanes) is 4. The number of rotatable bonds is 15. The van der Waals surface area contributed by atoms with Crippen molar-refractivity contribution in [2.24, 2.45) is 17.8 Å². The van der Waals surface area contributed by atoms with Gasteiger partial charge in [-0.15, -0.1) is 0 Å². The van der Waals surface area contributed by atoms with Crippen LogP contribution in [0.4, 0.5) is 0 Å². The zero-order valence-corrected chi connectivity index (χ0v) is 37.1. The zero-order valence-electron chi connectivity index (χ0n) is 37.1. The molecule has 2 unspecified atom stereocenters. The lowest BCUT2D eigenvalue weighted by Gasteiger charge is -2.35. The van der Waals surface area contributed by atoms with Gasteiger partial charge in [0.2, 0.25) is 29.5 Å². The molecular weight excluding hydrogens is 718 g/mol. The summed E-state index contributed by atoms with van der Waals surface area (Å²) in [6.07, 6.45) is 4.65. The minimum Gasteiger partial charge on any atom is -0.460 e. The highest BCUT2D eigenvalue weighted by Crippen LogP contribution is 2.25. The quantitative estimate of drug-likeness (QED) is 0.134. The molecule has 0 spiro atoms. The molecule has 0 aromatic rings. The molecule has 56 heavy (non-hydrogen) atoms. The molecule has 5 amide bonds. The van der Waals surface area contributed by atoms with E-state index < -0.39 is 89.6 Å². The standard InChI is InChI=1S/C42H77N5O9/c1-15-18-19-20-21-22-32-29(17-3)40(53)47(14)31(23-26(4)5)37(50)45-34(27(6)16-2)39(52)44-30(25-54-41(8,9)10)36(49)46-35(28(7)56-42(11,12)13)38(51)43-24-33(48)55-32/h26-32,34-35H,15-25H2,1-14H3,(H,43,51)(H,44,52)(H,45,50)(H,46,49)/t27?,28?,29-,30+,31+,32-,34+,35+/m1/s1. The molecule has 0 aromatic heterocycles. The maximum atomic E-state index is 14.4. The molecule has 0 saturated carbocycles. The van der Waals surface area contributed by atoms with Crippen molar-refractivity contribution in [2.45, 2.75) is 195 Å². The highest BCUT2D eigenvalue weighted by molar-refractivity contribution is 5.96. The third-order valence-corrected chi connectivity index (χ3v) is 10.00. The molecule has 0 radical (unpaired) electrons. The van der Waals surface area contributed by atoms with Gasteiger partial charge in [-0.2, -0.15) is 0 Å². The smallest absolute Gasteiger partial charge is 0.325 e. The van der Waals surface area contributed by atoms with Crippen molar-refractivity contribution in [1.82, 2.24) is 26.2 Å². The van der Waals surface area contributed by atoms with Crippen LogP contribution < -0.4 is 21.3 Å². The Hall–Kier alpha value is -3.26. The Labute approximate surface area is 337 Å². The van der Waals surface area contributed by atoms with Gasteiger partial charge < -0.3 is 40.4 Å². The van der Waals surface area contributed by atoms with E-state index in [9.17, 15) is 28.8 Å². The predicted molar refractivity (Wildman–Crippen MR) is 217 cm³/mol. The van der Waals surface area contributed by atoms with Crippen LogP contribution in [0, 0.1) is 17.8 Å². The van der Waals surface area contributed by atoms with E-state index in [1.807, 2.05) is 55.4 Å². The fourth-order valence-corrected chi connectivity index (χ4v) is 6.68. The van der Waals surface area contributed by atoms with Crippen LogP contribution >= 0.6 is 0 Å². The summed E-state index contributed by atoms with van der Waals surface area (Å²) < 4.78 is 18.1. The van der Waals surface area contributed by atoms with Crippen molar-refractivity contribution < 1.29 is 43.0 Å². The molecule has 1 saturated heterocycles. The van der Waals surface area contributed by atoms with E-state index in [1.165, 1.54) is 4.90 Å². The molecule has 1 fully saturated rings. The fourth-order valence-electron chi connectivity index (χ4n) is 6.68. The van der Waals surface area contributed by atoms with E-state index in [2.05, 4.69) is 28.2 Å². The van der Waals surface area contributed by atoms with Crippen LogP contribution in [0.2, 0.25) is 0 Å². The van der Waals surface area contributed by atoms with Crippen molar-refractivity contribution in [3.8, 4) is 0 Å². The Morgan fingerprint density at radius 1 is 0.768 bits per heavy atom. The molecule has 1 aliphatic rings. The first-order chi connectivity index (χ1) is 26.0. The van der Waals surface area contributed by atoms with E-state index in [1.54, 1.807) is 34.7 Å². The molecule has 14 nitrogen and oxygen atoms in total. The summed E-state index contributed by atoms with van der Waals surface area (Å²) in [5, 5.41) is 11.1. The van der Waals surface area contributed by atoms with Gasteiger partial charge in [0.15, 0.2) is 0 Å². The molecule has 0 aromatic carbocycles. The van der Waals surface area contributed by atoms with Crippen LogP contribution in [0.5, 0.6) is 0 Å². The Kier molecular flexibility index (Phi) is 21.6. The lowest BCUT2D eigenvalue weighted by Crippen LogP contribution is -2.62. The van der Waals surface area contributed by atoms with Crippen molar-refractivity contribution in [2.75, 3.05) is 20.2 Å². The Morgan fingerprint density at radius 3 is 1.91 bits per heavy atom. The van der Waals surface area contributed by atoms with Gasteiger partial charge in [0.1, 0.15) is 36.8 Å². The lowest BCUT2D eigenvalue weighted by molar-refractivity contribution is -0.159. The van der Waals surface area contributed by atoms with Crippen molar-refractivity contribution in [1.29, 1.82) is 0 Å². The Balaban J connectivity index is 3.88. The highest BCUT2D eigenvalue weighted by Gasteiger charge is 2.40. The lowest BCUT2D eigenvalue weighted by atomic mass is 9.91. The summed E-state index contributed by atoms with van der Waals surface area (Å²) in [7, 11) is 1.57. The molecular formula is C42H77N5O9. The van der Waals surface area contributed by atoms with Crippen LogP contribution in [0.1, 0.15) is 148 Å². The summed E-state index contributed by atoms with van der Waals surface area (Å²) in [5.74, 6) is -4.76. The van der Waals surface area contributed by atoms with E-state index >= 15 is 0 Å². The van der Waals surface area contributed by atoms with Crippen molar-refractivity contribution in [3.05, 3.63) is 0 Å². The largest absolute Gasteiger partial charge is 0.460 e. The first kappa shape index (κ1) is 50.8. The van der Waals surface area contributed by atoms with Gasteiger partial charge in [-0.25, -0.2) is 0 Å². The van der Waals surface area contributed by atoms with Crippen LogP contribution in [0.15, 0.2) is 0 Å². The molecule has 14 heteroatoms. The number of hydrogen-bond acceptors (Lipinski definition) is 9. The van der Waals surface area contributed by atoms with Gasteiger partial charge in [0, 0.05) is 7.05 Å². The average molecular weight is 796 g/mol. The number of esters is 1. The maximum absolute atomic E-state index is 14.4. The number of carbonyl (C=O) groups is 6. The summed E-state index contributed by atoms with van der Waals surface area (Å²) in [4.78, 5) is 85.6. The number of nitrogens with one attached hydrogen (secondary N) is 4. The third-order valence-electron chi connectivity index (χ3n) is 10.00. The molecule has 8 atom stereocenters.